The number of hydrogen-bond acceptors (Lipinski definition) is 4. The molecule has 23 heavy (non-hydrogen) atoms. The van der Waals surface area contributed by atoms with Crippen LogP contribution in [-0.2, 0) is 4.74 Å². The van der Waals surface area contributed by atoms with Crippen LogP contribution >= 0.6 is 34.8 Å². The number of esters is 1. The maximum atomic E-state index is 12.3. The summed E-state index contributed by atoms with van der Waals surface area (Å²) in [5.41, 5.74) is 1.43. The quantitative estimate of drug-likeness (QED) is 0.810. The number of methoxy groups -OCH3 is 1. The molecule has 1 N–H and O–H groups in total. The van der Waals surface area contributed by atoms with Gasteiger partial charge in [-0.2, -0.15) is 0 Å². The molecule has 2 aromatic rings. The van der Waals surface area contributed by atoms with E-state index in [1.807, 2.05) is 0 Å². The Balaban J connectivity index is 2.34. The molecular formula is C15H11Cl3N2O3. The van der Waals surface area contributed by atoms with Gasteiger partial charge in [0.25, 0.3) is 5.91 Å². The zero-order valence-electron chi connectivity index (χ0n) is 12.1. The molecule has 0 spiro atoms. The number of carbonyl (C=O) groups is 2. The summed E-state index contributed by atoms with van der Waals surface area (Å²) in [7, 11) is 1.28. The highest BCUT2D eigenvalue weighted by atomic mass is 35.5. The van der Waals surface area contributed by atoms with Crippen LogP contribution in [0.4, 0.5) is 5.69 Å². The van der Waals surface area contributed by atoms with E-state index in [1.165, 1.54) is 19.4 Å². The fourth-order valence-electron chi connectivity index (χ4n) is 1.78. The highest BCUT2D eigenvalue weighted by Crippen LogP contribution is 2.31. The van der Waals surface area contributed by atoms with Gasteiger partial charge in [0.1, 0.15) is 5.69 Å². The Kier molecular flexibility index (Phi) is 5.46. The summed E-state index contributed by atoms with van der Waals surface area (Å²) >= 11 is 17.7. The SMILES string of the molecule is COC(=O)c1ccc(C)c(NC(=O)c2ncc(Cl)c(Cl)c2Cl)c1. The summed E-state index contributed by atoms with van der Waals surface area (Å²) in [6.45, 7) is 1.78. The Morgan fingerprint density at radius 2 is 1.87 bits per heavy atom. The lowest BCUT2D eigenvalue weighted by Gasteiger charge is -2.11. The molecule has 0 fully saturated rings. The molecule has 0 aliphatic heterocycles. The average molecular weight is 374 g/mol. The number of rotatable bonds is 3. The number of nitrogens with one attached hydrogen (secondary N) is 1. The number of halogens is 3. The van der Waals surface area contributed by atoms with E-state index in [2.05, 4.69) is 15.0 Å². The van der Waals surface area contributed by atoms with Crippen LogP contribution in [0.3, 0.4) is 0 Å². The number of anilines is 1. The molecule has 1 amide bonds. The number of hydrogen-bond donors (Lipinski definition) is 1. The lowest BCUT2D eigenvalue weighted by atomic mass is 10.1. The monoisotopic (exact) mass is 372 g/mol. The van der Waals surface area contributed by atoms with Gasteiger partial charge in [0.05, 0.1) is 27.7 Å². The van der Waals surface area contributed by atoms with Gasteiger partial charge in [0.15, 0.2) is 0 Å². The first kappa shape index (κ1) is 17.5. The van der Waals surface area contributed by atoms with Crippen molar-refractivity contribution in [3.8, 4) is 0 Å². The standard InChI is InChI=1S/C15H11Cl3N2O3/c1-7-3-4-8(15(22)23-2)5-10(7)20-14(21)13-12(18)11(17)9(16)6-19-13/h3-6H,1-2H3,(H,20,21). The van der Waals surface area contributed by atoms with Crippen LogP contribution in [0.1, 0.15) is 26.4 Å². The number of pyridine rings is 1. The minimum Gasteiger partial charge on any atom is -0.465 e. The van der Waals surface area contributed by atoms with Gasteiger partial charge in [0, 0.05) is 11.9 Å². The van der Waals surface area contributed by atoms with Crippen molar-refractivity contribution in [1.82, 2.24) is 4.98 Å². The molecule has 0 saturated carbocycles. The number of aryl methyl sites for hydroxylation is 1. The first-order valence-corrected chi connectivity index (χ1v) is 7.48. The topological polar surface area (TPSA) is 68.3 Å². The Morgan fingerprint density at radius 3 is 2.52 bits per heavy atom. The molecule has 0 aliphatic carbocycles. The number of amides is 1. The second-order valence-corrected chi connectivity index (χ2v) is 5.72. The van der Waals surface area contributed by atoms with Gasteiger partial charge < -0.3 is 10.1 Å². The molecule has 0 atom stereocenters. The number of nitrogens with zero attached hydrogens (tertiary/aromatic N) is 1. The third-order valence-corrected chi connectivity index (χ3v) is 4.28. The average Bonchev–Trinajstić information content (AvgIpc) is 2.53. The highest BCUT2D eigenvalue weighted by molar-refractivity contribution is 6.49. The Labute approximate surface area is 147 Å². The van der Waals surface area contributed by atoms with Gasteiger partial charge in [-0.05, 0) is 24.6 Å². The lowest BCUT2D eigenvalue weighted by molar-refractivity contribution is 0.0600. The minimum atomic E-state index is -0.571. The maximum Gasteiger partial charge on any atom is 0.337 e. The lowest BCUT2D eigenvalue weighted by Crippen LogP contribution is -2.16. The third-order valence-electron chi connectivity index (χ3n) is 3.04. The van der Waals surface area contributed by atoms with Crippen molar-refractivity contribution in [3.63, 3.8) is 0 Å². The first-order valence-electron chi connectivity index (χ1n) is 6.35. The van der Waals surface area contributed by atoms with Crippen LogP contribution in [0.25, 0.3) is 0 Å². The predicted octanol–water partition coefficient (Wildman–Crippen LogP) is 4.39. The molecule has 0 aliphatic rings. The zero-order chi connectivity index (χ0) is 17.1. The normalized spacial score (nSPS) is 10.3. The van der Waals surface area contributed by atoms with E-state index in [-0.39, 0.29) is 20.8 Å². The van der Waals surface area contributed by atoms with Crippen molar-refractivity contribution in [1.29, 1.82) is 0 Å². The van der Waals surface area contributed by atoms with Crippen LogP contribution < -0.4 is 5.32 Å². The number of aromatic nitrogens is 1. The summed E-state index contributed by atoms with van der Waals surface area (Å²) < 4.78 is 4.65. The van der Waals surface area contributed by atoms with Crippen molar-refractivity contribution in [2.75, 3.05) is 12.4 Å². The molecule has 0 saturated heterocycles. The Hall–Kier alpha value is -1.82. The Bertz CT molecular complexity index is 794. The molecule has 8 heteroatoms. The summed E-state index contributed by atoms with van der Waals surface area (Å²) in [6, 6.07) is 4.79. The molecule has 5 nitrogen and oxygen atoms in total. The fraction of sp³-hybridized carbons (Fsp3) is 0.133. The predicted molar refractivity (Wildman–Crippen MR) is 89.7 cm³/mol. The van der Waals surface area contributed by atoms with Crippen molar-refractivity contribution in [2.24, 2.45) is 0 Å². The van der Waals surface area contributed by atoms with Crippen molar-refractivity contribution in [3.05, 3.63) is 56.3 Å². The van der Waals surface area contributed by atoms with E-state index >= 15 is 0 Å². The second kappa shape index (κ2) is 7.17. The Morgan fingerprint density at radius 1 is 1.17 bits per heavy atom. The van der Waals surface area contributed by atoms with Crippen LogP contribution in [0.5, 0.6) is 0 Å². The summed E-state index contributed by atoms with van der Waals surface area (Å²) in [4.78, 5) is 27.8. The van der Waals surface area contributed by atoms with E-state index in [1.54, 1.807) is 19.1 Å². The number of ether oxygens (including phenoxy) is 1. The van der Waals surface area contributed by atoms with E-state index in [0.717, 1.165) is 5.56 Å². The molecule has 120 valence electrons. The van der Waals surface area contributed by atoms with Gasteiger partial charge >= 0.3 is 5.97 Å². The largest absolute Gasteiger partial charge is 0.465 e. The third kappa shape index (κ3) is 3.75. The van der Waals surface area contributed by atoms with E-state index in [9.17, 15) is 9.59 Å². The van der Waals surface area contributed by atoms with Gasteiger partial charge in [-0.3, -0.25) is 4.79 Å². The van der Waals surface area contributed by atoms with Gasteiger partial charge in [0.2, 0.25) is 0 Å². The maximum absolute atomic E-state index is 12.3. The van der Waals surface area contributed by atoms with Gasteiger partial charge in [-0.25, -0.2) is 9.78 Å². The minimum absolute atomic E-state index is 0.0431. The smallest absolute Gasteiger partial charge is 0.337 e. The number of carbonyl (C=O) groups excluding carboxylic acids is 2. The summed E-state index contributed by atoms with van der Waals surface area (Å²) in [5, 5.41) is 2.79. The molecule has 0 unspecified atom stereocenters. The molecule has 1 aromatic carbocycles. The molecule has 1 aromatic heterocycles. The van der Waals surface area contributed by atoms with Crippen LogP contribution in [0.15, 0.2) is 24.4 Å². The molecule has 0 radical (unpaired) electrons. The van der Waals surface area contributed by atoms with E-state index in [0.29, 0.717) is 11.3 Å². The van der Waals surface area contributed by atoms with Crippen molar-refractivity contribution < 1.29 is 14.3 Å². The molecule has 0 bridgehead atoms. The van der Waals surface area contributed by atoms with Crippen LogP contribution in [0, 0.1) is 6.92 Å². The van der Waals surface area contributed by atoms with Crippen molar-refractivity contribution in [2.45, 2.75) is 6.92 Å². The van der Waals surface area contributed by atoms with E-state index in [4.69, 9.17) is 34.8 Å². The van der Waals surface area contributed by atoms with Gasteiger partial charge in [-0.1, -0.05) is 40.9 Å². The number of benzene rings is 1. The van der Waals surface area contributed by atoms with Crippen LogP contribution in [-0.4, -0.2) is 24.0 Å². The van der Waals surface area contributed by atoms with E-state index < -0.39 is 11.9 Å². The summed E-state index contributed by atoms with van der Waals surface area (Å²) in [5.74, 6) is -1.08. The second-order valence-electron chi connectivity index (χ2n) is 4.56. The summed E-state index contributed by atoms with van der Waals surface area (Å²) in [6.07, 6.45) is 1.24. The zero-order valence-corrected chi connectivity index (χ0v) is 14.4. The molecular weight excluding hydrogens is 363 g/mol. The highest BCUT2D eigenvalue weighted by Gasteiger charge is 2.18. The van der Waals surface area contributed by atoms with Gasteiger partial charge in [-0.15, -0.1) is 0 Å². The fourth-order valence-corrected chi connectivity index (χ4v) is 2.35. The van der Waals surface area contributed by atoms with Crippen LogP contribution in [0.2, 0.25) is 15.1 Å². The first-order chi connectivity index (χ1) is 10.8. The molecule has 1 heterocycles. The molecule has 2 rings (SSSR count). The van der Waals surface area contributed by atoms with Crippen molar-refractivity contribution >= 4 is 52.4 Å².